The van der Waals surface area contributed by atoms with Crippen LogP contribution in [0.15, 0.2) is 0 Å². The van der Waals surface area contributed by atoms with Gasteiger partial charge in [0.25, 0.3) is 0 Å². The molecule has 0 aromatic carbocycles. The molecule has 0 aliphatic carbocycles. The number of piperidine rings is 1. The van der Waals surface area contributed by atoms with Crippen molar-refractivity contribution in [2.75, 3.05) is 46.3 Å². The van der Waals surface area contributed by atoms with Crippen LogP contribution in [0.3, 0.4) is 0 Å². The zero-order valence-electron chi connectivity index (χ0n) is 15.2. The molecule has 138 valence electrons. The number of nitrogens with zero attached hydrogens (tertiary/aromatic N) is 2. The predicted octanol–water partition coefficient (Wildman–Crippen LogP) is 0.653. The van der Waals surface area contributed by atoms with Crippen LogP contribution in [0.1, 0.15) is 33.1 Å². The second kappa shape index (κ2) is 9.22. The van der Waals surface area contributed by atoms with Gasteiger partial charge in [0.1, 0.15) is 0 Å². The molecule has 2 atom stereocenters. The molecular weight excluding hydrogens is 308 g/mol. The van der Waals surface area contributed by atoms with Crippen LogP contribution in [0.5, 0.6) is 0 Å². The van der Waals surface area contributed by atoms with Crippen LogP contribution in [0.4, 0.5) is 4.79 Å². The maximum atomic E-state index is 12.1. The maximum Gasteiger partial charge on any atom is 0.314 e. The lowest BCUT2D eigenvalue weighted by molar-refractivity contribution is -0.131. The molecule has 0 aromatic rings. The second-order valence-corrected chi connectivity index (χ2v) is 7.06. The Bertz CT molecular complexity index is 414. The zero-order valence-corrected chi connectivity index (χ0v) is 15.2. The van der Waals surface area contributed by atoms with Gasteiger partial charge in [-0.3, -0.25) is 9.69 Å². The number of amides is 3. The van der Waals surface area contributed by atoms with E-state index in [4.69, 9.17) is 4.74 Å². The van der Waals surface area contributed by atoms with Gasteiger partial charge in [-0.1, -0.05) is 0 Å². The van der Waals surface area contributed by atoms with Gasteiger partial charge in [-0.15, -0.1) is 0 Å². The van der Waals surface area contributed by atoms with Gasteiger partial charge in [0.15, 0.2) is 0 Å². The first-order valence-electron chi connectivity index (χ1n) is 9.09. The van der Waals surface area contributed by atoms with Gasteiger partial charge in [-0.05, 0) is 45.6 Å². The molecule has 0 spiro atoms. The molecule has 0 saturated carbocycles. The smallest absolute Gasteiger partial charge is 0.314 e. The van der Waals surface area contributed by atoms with E-state index in [2.05, 4.69) is 29.4 Å². The quantitative estimate of drug-likeness (QED) is 0.771. The van der Waals surface area contributed by atoms with Crippen LogP contribution >= 0.6 is 0 Å². The van der Waals surface area contributed by atoms with E-state index in [1.165, 1.54) is 6.42 Å². The van der Waals surface area contributed by atoms with E-state index in [1.807, 2.05) is 4.90 Å². The van der Waals surface area contributed by atoms with Gasteiger partial charge in [-0.2, -0.15) is 0 Å². The lowest BCUT2D eigenvalue weighted by Crippen LogP contribution is -2.47. The number of hydrogen-bond donors (Lipinski definition) is 2. The third-order valence-electron chi connectivity index (χ3n) is 4.94. The summed E-state index contributed by atoms with van der Waals surface area (Å²) in [7, 11) is 1.54. The summed E-state index contributed by atoms with van der Waals surface area (Å²) in [5.41, 5.74) is 0. The van der Waals surface area contributed by atoms with E-state index in [0.717, 1.165) is 45.6 Å². The number of rotatable bonds is 5. The molecule has 2 N–H and O–H groups in total. The molecule has 24 heavy (non-hydrogen) atoms. The Labute approximate surface area is 145 Å². The van der Waals surface area contributed by atoms with E-state index in [1.54, 1.807) is 7.05 Å². The Hall–Kier alpha value is -1.34. The summed E-state index contributed by atoms with van der Waals surface area (Å²) >= 11 is 0. The number of nitrogens with one attached hydrogen (secondary N) is 2. The van der Waals surface area contributed by atoms with Crippen molar-refractivity contribution in [3.8, 4) is 0 Å². The number of likely N-dealkylation sites (tertiary alicyclic amines) is 1. The average molecular weight is 340 g/mol. The van der Waals surface area contributed by atoms with Gasteiger partial charge >= 0.3 is 6.03 Å². The van der Waals surface area contributed by atoms with Crippen LogP contribution in [0, 0.1) is 5.92 Å². The minimum Gasteiger partial charge on any atom is -0.373 e. The van der Waals surface area contributed by atoms with Gasteiger partial charge in [0.2, 0.25) is 5.91 Å². The van der Waals surface area contributed by atoms with E-state index in [9.17, 15) is 9.59 Å². The fraction of sp³-hybridized carbons (Fsp3) is 0.882. The molecule has 0 aromatic heterocycles. The highest BCUT2D eigenvalue weighted by molar-refractivity contribution is 5.83. The van der Waals surface area contributed by atoms with Crippen molar-refractivity contribution in [3.63, 3.8) is 0 Å². The number of urea groups is 1. The number of carbonyl (C=O) groups is 2. The van der Waals surface area contributed by atoms with E-state index < -0.39 is 0 Å². The van der Waals surface area contributed by atoms with Crippen molar-refractivity contribution in [2.24, 2.45) is 5.92 Å². The number of hydrogen-bond acceptors (Lipinski definition) is 4. The highest BCUT2D eigenvalue weighted by Gasteiger charge is 2.25. The molecule has 0 bridgehead atoms. The summed E-state index contributed by atoms with van der Waals surface area (Å²) < 4.78 is 5.78. The molecule has 2 rings (SSSR count). The van der Waals surface area contributed by atoms with Crippen molar-refractivity contribution in [3.05, 3.63) is 0 Å². The van der Waals surface area contributed by atoms with Crippen molar-refractivity contribution in [1.82, 2.24) is 20.4 Å². The SMILES string of the molecule is CNC(=O)NCC(=O)N1CCC(CCN2C[C@H](C)O[C@@H](C)C2)CC1. The van der Waals surface area contributed by atoms with Gasteiger partial charge in [0.05, 0.1) is 18.8 Å². The first-order valence-corrected chi connectivity index (χ1v) is 9.09. The van der Waals surface area contributed by atoms with Crippen LogP contribution in [-0.4, -0.2) is 80.3 Å². The summed E-state index contributed by atoms with van der Waals surface area (Å²) in [4.78, 5) is 27.6. The molecule has 2 saturated heterocycles. The molecule has 7 heteroatoms. The molecule has 0 radical (unpaired) electrons. The third-order valence-corrected chi connectivity index (χ3v) is 4.94. The predicted molar refractivity (Wildman–Crippen MR) is 92.8 cm³/mol. The average Bonchev–Trinajstić information content (AvgIpc) is 2.57. The summed E-state index contributed by atoms with van der Waals surface area (Å²) in [5.74, 6) is 0.697. The van der Waals surface area contributed by atoms with E-state index >= 15 is 0 Å². The normalized spacial score (nSPS) is 26.2. The topological polar surface area (TPSA) is 73.9 Å². The van der Waals surface area contributed by atoms with E-state index in [0.29, 0.717) is 18.1 Å². The van der Waals surface area contributed by atoms with Crippen LogP contribution in [0.25, 0.3) is 0 Å². The Morgan fingerprint density at radius 2 is 1.75 bits per heavy atom. The Morgan fingerprint density at radius 1 is 1.12 bits per heavy atom. The molecule has 2 heterocycles. The Kier molecular flexibility index (Phi) is 7.30. The van der Waals surface area contributed by atoms with Crippen LogP contribution in [0.2, 0.25) is 0 Å². The minimum absolute atomic E-state index is 0.00730. The molecule has 2 aliphatic heterocycles. The standard InChI is InChI=1S/C17H32N4O3/c1-13-11-20(12-14(2)24-13)7-4-15-5-8-21(9-6-15)16(22)10-19-17(23)18-3/h13-15H,4-12H2,1-3H3,(H2,18,19,23)/t13-,14-/m0/s1. The number of carbonyl (C=O) groups excluding carboxylic acids is 2. The van der Waals surface area contributed by atoms with Crippen molar-refractivity contribution >= 4 is 11.9 Å². The number of ether oxygens (including phenoxy) is 1. The summed E-state index contributed by atoms with van der Waals surface area (Å²) in [5, 5.41) is 5.01. The highest BCUT2D eigenvalue weighted by atomic mass is 16.5. The summed E-state index contributed by atoms with van der Waals surface area (Å²) in [6, 6.07) is -0.313. The third kappa shape index (κ3) is 5.94. The Morgan fingerprint density at radius 3 is 2.33 bits per heavy atom. The largest absolute Gasteiger partial charge is 0.373 e. The lowest BCUT2D eigenvalue weighted by atomic mass is 9.93. The van der Waals surface area contributed by atoms with Crippen LogP contribution in [-0.2, 0) is 9.53 Å². The van der Waals surface area contributed by atoms with Crippen LogP contribution < -0.4 is 10.6 Å². The number of morpholine rings is 1. The molecule has 0 unspecified atom stereocenters. The summed E-state index contributed by atoms with van der Waals surface area (Å²) in [6.45, 7) is 9.12. The first kappa shape index (κ1) is 19.0. The van der Waals surface area contributed by atoms with E-state index in [-0.39, 0.29) is 18.5 Å². The Balaban J connectivity index is 1.64. The summed E-state index contributed by atoms with van der Waals surface area (Å²) in [6.07, 6.45) is 3.95. The molecule has 2 fully saturated rings. The molecule has 3 amide bonds. The monoisotopic (exact) mass is 340 g/mol. The second-order valence-electron chi connectivity index (χ2n) is 7.06. The lowest BCUT2D eigenvalue weighted by Gasteiger charge is -2.37. The fourth-order valence-electron chi connectivity index (χ4n) is 3.66. The van der Waals surface area contributed by atoms with Crippen molar-refractivity contribution in [2.45, 2.75) is 45.3 Å². The molecule has 7 nitrogen and oxygen atoms in total. The van der Waals surface area contributed by atoms with Gasteiger partial charge in [0, 0.05) is 33.2 Å². The van der Waals surface area contributed by atoms with Gasteiger partial charge in [-0.25, -0.2) is 4.79 Å². The fourth-order valence-corrected chi connectivity index (χ4v) is 3.66. The van der Waals surface area contributed by atoms with Gasteiger partial charge < -0.3 is 20.3 Å². The minimum atomic E-state index is -0.313. The molecule has 2 aliphatic rings. The highest BCUT2D eigenvalue weighted by Crippen LogP contribution is 2.22. The van der Waals surface area contributed by atoms with Crippen molar-refractivity contribution in [1.29, 1.82) is 0 Å². The maximum absolute atomic E-state index is 12.1. The molecular formula is C17H32N4O3. The first-order chi connectivity index (χ1) is 11.5. The van der Waals surface area contributed by atoms with Crippen molar-refractivity contribution < 1.29 is 14.3 Å². The zero-order chi connectivity index (χ0) is 17.5.